The lowest BCUT2D eigenvalue weighted by Gasteiger charge is -2.21. The van der Waals surface area contributed by atoms with Crippen LogP contribution in [0.2, 0.25) is 0 Å². The third-order valence-corrected chi connectivity index (χ3v) is 4.47. The SMILES string of the molecule is CCNC(=NCC(C)Oc1ccccc1F)NCCCOCC1CCOCC1. The van der Waals surface area contributed by atoms with Crippen molar-refractivity contribution >= 4 is 5.96 Å². The molecular formula is C21H34FN3O3. The second-order valence-electron chi connectivity index (χ2n) is 6.99. The van der Waals surface area contributed by atoms with Crippen molar-refractivity contribution in [3.63, 3.8) is 0 Å². The highest BCUT2D eigenvalue weighted by Gasteiger charge is 2.13. The van der Waals surface area contributed by atoms with E-state index in [9.17, 15) is 4.39 Å². The Kier molecular flexibility index (Phi) is 10.7. The van der Waals surface area contributed by atoms with E-state index in [1.165, 1.54) is 6.07 Å². The number of benzene rings is 1. The minimum Gasteiger partial charge on any atom is -0.486 e. The van der Waals surface area contributed by atoms with Gasteiger partial charge in [-0.2, -0.15) is 0 Å². The highest BCUT2D eigenvalue weighted by molar-refractivity contribution is 5.79. The van der Waals surface area contributed by atoms with Crippen LogP contribution in [-0.2, 0) is 9.47 Å². The molecule has 1 aliphatic heterocycles. The Morgan fingerprint density at radius 2 is 2.07 bits per heavy atom. The van der Waals surface area contributed by atoms with Crippen molar-refractivity contribution in [3.8, 4) is 5.75 Å². The molecule has 0 saturated carbocycles. The Labute approximate surface area is 167 Å². The number of nitrogens with one attached hydrogen (secondary N) is 2. The number of guanidine groups is 1. The summed E-state index contributed by atoms with van der Waals surface area (Å²) in [4.78, 5) is 4.52. The molecule has 0 aromatic heterocycles. The average Bonchev–Trinajstić information content (AvgIpc) is 2.71. The summed E-state index contributed by atoms with van der Waals surface area (Å²) in [6.45, 7) is 9.16. The Morgan fingerprint density at radius 3 is 2.82 bits per heavy atom. The van der Waals surface area contributed by atoms with Crippen molar-refractivity contribution in [2.75, 3.05) is 46.1 Å². The van der Waals surface area contributed by atoms with Crippen molar-refractivity contribution in [1.29, 1.82) is 0 Å². The molecule has 2 N–H and O–H groups in total. The van der Waals surface area contributed by atoms with Crippen molar-refractivity contribution in [1.82, 2.24) is 10.6 Å². The number of halogens is 1. The predicted octanol–water partition coefficient (Wildman–Crippen LogP) is 2.98. The van der Waals surface area contributed by atoms with E-state index in [1.807, 2.05) is 13.8 Å². The van der Waals surface area contributed by atoms with E-state index in [1.54, 1.807) is 18.2 Å². The van der Waals surface area contributed by atoms with Crippen molar-refractivity contribution in [2.45, 2.75) is 39.2 Å². The summed E-state index contributed by atoms with van der Waals surface area (Å²) < 4.78 is 30.4. The van der Waals surface area contributed by atoms with Gasteiger partial charge in [0.15, 0.2) is 17.5 Å². The van der Waals surface area contributed by atoms with Crippen molar-refractivity contribution in [3.05, 3.63) is 30.1 Å². The molecule has 1 fully saturated rings. The number of para-hydroxylation sites is 1. The van der Waals surface area contributed by atoms with Crippen LogP contribution in [0.4, 0.5) is 4.39 Å². The number of hydrogen-bond acceptors (Lipinski definition) is 4. The van der Waals surface area contributed by atoms with Gasteiger partial charge in [-0.1, -0.05) is 12.1 Å². The van der Waals surface area contributed by atoms with Gasteiger partial charge in [-0.3, -0.25) is 0 Å². The zero-order valence-electron chi connectivity index (χ0n) is 17.1. The van der Waals surface area contributed by atoms with Gasteiger partial charge in [0.1, 0.15) is 6.10 Å². The largest absolute Gasteiger partial charge is 0.486 e. The molecule has 2 rings (SSSR count). The fourth-order valence-corrected chi connectivity index (χ4v) is 2.90. The van der Waals surface area contributed by atoms with Gasteiger partial charge in [0.2, 0.25) is 0 Å². The molecular weight excluding hydrogens is 361 g/mol. The molecule has 1 unspecified atom stereocenters. The molecule has 1 aromatic carbocycles. The monoisotopic (exact) mass is 395 g/mol. The van der Waals surface area contributed by atoms with Crippen LogP contribution < -0.4 is 15.4 Å². The molecule has 0 bridgehead atoms. The van der Waals surface area contributed by atoms with Crippen LogP contribution in [0.25, 0.3) is 0 Å². The fourth-order valence-electron chi connectivity index (χ4n) is 2.90. The zero-order chi connectivity index (χ0) is 20.0. The topological polar surface area (TPSA) is 64.1 Å². The maximum Gasteiger partial charge on any atom is 0.191 e. The maximum absolute atomic E-state index is 13.7. The van der Waals surface area contributed by atoms with E-state index < -0.39 is 0 Å². The Balaban J connectivity index is 1.63. The van der Waals surface area contributed by atoms with Crippen LogP contribution in [0.3, 0.4) is 0 Å². The van der Waals surface area contributed by atoms with Crippen LogP contribution in [0, 0.1) is 11.7 Å². The van der Waals surface area contributed by atoms with Crippen LogP contribution >= 0.6 is 0 Å². The molecule has 6 nitrogen and oxygen atoms in total. The van der Waals surface area contributed by atoms with Gasteiger partial charge < -0.3 is 24.8 Å². The molecule has 0 aliphatic carbocycles. The minimum atomic E-state index is -0.357. The minimum absolute atomic E-state index is 0.227. The van der Waals surface area contributed by atoms with Gasteiger partial charge in [-0.05, 0) is 51.2 Å². The lowest BCUT2D eigenvalue weighted by molar-refractivity contribution is 0.0203. The van der Waals surface area contributed by atoms with Crippen LogP contribution in [0.5, 0.6) is 5.75 Å². The van der Waals surface area contributed by atoms with Gasteiger partial charge in [-0.15, -0.1) is 0 Å². The molecule has 7 heteroatoms. The van der Waals surface area contributed by atoms with E-state index in [0.717, 1.165) is 64.7 Å². The van der Waals surface area contributed by atoms with E-state index >= 15 is 0 Å². The highest BCUT2D eigenvalue weighted by atomic mass is 19.1. The number of nitrogens with zero attached hydrogens (tertiary/aromatic N) is 1. The van der Waals surface area contributed by atoms with Crippen LogP contribution in [0.1, 0.15) is 33.1 Å². The molecule has 0 amide bonds. The molecule has 1 aromatic rings. The molecule has 1 atom stereocenters. The number of aliphatic imine (C=N–C) groups is 1. The van der Waals surface area contributed by atoms with Crippen molar-refractivity contribution in [2.24, 2.45) is 10.9 Å². The van der Waals surface area contributed by atoms with E-state index in [0.29, 0.717) is 12.5 Å². The Hall–Kier alpha value is -1.86. The first kappa shape index (κ1) is 22.4. The summed E-state index contributed by atoms with van der Waals surface area (Å²) in [5.41, 5.74) is 0. The summed E-state index contributed by atoms with van der Waals surface area (Å²) in [6, 6.07) is 6.41. The molecule has 0 spiro atoms. The van der Waals surface area contributed by atoms with E-state index in [2.05, 4.69) is 15.6 Å². The summed E-state index contributed by atoms with van der Waals surface area (Å²) >= 11 is 0. The smallest absolute Gasteiger partial charge is 0.191 e. The van der Waals surface area contributed by atoms with Crippen molar-refractivity contribution < 1.29 is 18.6 Å². The van der Waals surface area contributed by atoms with Gasteiger partial charge in [0.05, 0.1) is 6.54 Å². The number of hydrogen-bond donors (Lipinski definition) is 2. The summed E-state index contributed by atoms with van der Waals surface area (Å²) in [5, 5.41) is 6.51. The Morgan fingerprint density at radius 1 is 1.29 bits per heavy atom. The third-order valence-electron chi connectivity index (χ3n) is 4.47. The third kappa shape index (κ3) is 8.89. The lowest BCUT2D eigenvalue weighted by Crippen LogP contribution is -2.38. The highest BCUT2D eigenvalue weighted by Crippen LogP contribution is 2.17. The molecule has 28 heavy (non-hydrogen) atoms. The summed E-state index contributed by atoms with van der Waals surface area (Å²) in [6.07, 6.45) is 2.88. The van der Waals surface area contributed by atoms with Gasteiger partial charge in [-0.25, -0.2) is 9.38 Å². The zero-order valence-corrected chi connectivity index (χ0v) is 17.1. The maximum atomic E-state index is 13.7. The lowest BCUT2D eigenvalue weighted by atomic mass is 10.0. The van der Waals surface area contributed by atoms with Crippen LogP contribution in [-0.4, -0.2) is 58.1 Å². The Bertz CT molecular complexity index is 580. The second kappa shape index (κ2) is 13.3. The van der Waals surface area contributed by atoms with Crippen LogP contribution in [0.15, 0.2) is 29.3 Å². The summed E-state index contributed by atoms with van der Waals surface area (Å²) in [5.74, 6) is 1.27. The standard InChI is InChI=1S/C21H34FN3O3/c1-3-23-21(24-11-6-12-27-16-18-9-13-26-14-10-18)25-15-17(2)28-20-8-5-4-7-19(20)22/h4-5,7-8,17-18H,3,6,9-16H2,1-2H3,(H2,23,24,25). The quantitative estimate of drug-likeness (QED) is 0.343. The molecule has 1 heterocycles. The first-order valence-electron chi connectivity index (χ1n) is 10.3. The first-order chi connectivity index (χ1) is 13.7. The molecule has 1 saturated heterocycles. The van der Waals surface area contributed by atoms with E-state index in [4.69, 9.17) is 14.2 Å². The number of rotatable bonds is 11. The molecule has 158 valence electrons. The molecule has 1 aliphatic rings. The van der Waals surface area contributed by atoms with Gasteiger partial charge in [0.25, 0.3) is 0 Å². The first-order valence-corrected chi connectivity index (χ1v) is 10.3. The average molecular weight is 396 g/mol. The number of ether oxygens (including phenoxy) is 3. The van der Waals surface area contributed by atoms with Gasteiger partial charge in [0, 0.05) is 39.5 Å². The second-order valence-corrected chi connectivity index (χ2v) is 6.99. The summed E-state index contributed by atoms with van der Waals surface area (Å²) in [7, 11) is 0. The predicted molar refractivity (Wildman–Crippen MR) is 109 cm³/mol. The van der Waals surface area contributed by atoms with Gasteiger partial charge >= 0.3 is 0 Å². The van der Waals surface area contributed by atoms with E-state index in [-0.39, 0.29) is 17.7 Å². The fraction of sp³-hybridized carbons (Fsp3) is 0.667. The molecule has 0 radical (unpaired) electrons. The normalized spacial score (nSPS) is 16.6.